The van der Waals surface area contributed by atoms with Crippen LogP contribution in [0.2, 0.25) is 0 Å². The van der Waals surface area contributed by atoms with Crippen LogP contribution in [-0.2, 0) is 18.2 Å². The van der Waals surface area contributed by atoms with Crippen LogP contribution in [0, 0.1) is 5.92 Å². The Kier molecular flexibility index (Phi) is 3.56. The van der Waals surface area contributed by atoms with Crippen molar-refractivity contribution in [1.29, 1.82) is 0 Å². The van der Waals surface area contributed by atoms with Crippen molar-refractivity contribution in [2.45, 2.75) is 31.9 Å². The van der Waals surface area contributed by atoms with Crippen LogP contribution in [0.3, 0.4) is 0 Å². The van der Waals surface area contributed by atoms with Gasteiger partial charge in [-0.3, -0.25) is 4.68 Å². The van der Waals surface area contributed by atoms with Crippen molar-refractivity contribution >= 4 is 0 Å². The molecule has 0 saturated carbocycles. The van der Waals surface area contributed by atoms with Crippen molar-refractivity contribution in [1.82, 2.24) is 20.3 Å². The number of rotatable bonds is 4. The molecule has 0 spiro atoms. The Bertz CT molecular complexity index is 338. The van der Waals surface area contributed by atoms with E-state index in [2.05, 4.69) is 22.6 Å². The first-order valence-corrected chi connectivity index (χ1v) is 5.84. The average molecular weight is 224 g/mol. The first kappa shape index (κ1) is 11.5. The molecule has 0 bridgehead atoms. The molecule has 5 nitrogen and oxygen atoms in total. The summed E-state index contributed by atoms with van der Waals surface area (Å²) >= 11 is 0. The Labute approximate surface area is 96.2 Å². The zero-order chi connectivity index (χ0) is 11.5. The van der Waals surface area contributed by atoms with Gasteiger partial charge in [-0.2, -0.15) is 0 Å². The molecule has 90 valence electrons. The zero-order valence-corrected chi connectivity index (χ0v) is 10.2. The summed E-state index contributed by atoms with van der Waals surface area (Å²) in [6.07, 6.45) is 4.37. The van der Waals surface area contributed by atoms with Gasteiger partial charge < -0.3 is 10.1 Å². The lowest BCUT2D eigenvalue weighted by Gasteiger charge is -2.24. The maximum absolute atomic E-state index is 5.61. The molecule has 5 heteroatoms. The lowest BCUT2D eigenvalue weighted by atomic mass is 9.90. The molecule has 0 amide bonds. The zero-order valence-electron chi connectivity index (χ0n) is 10.2. The molecular weight excluding hydrogens is 204 g/mol. The van der Waals surface area contributed by atoms with E-state index < -0.39 is 0 Å². The van der Waals surface area contributed by atoms with Gasteiger partial charge in [0.15, 0.2) is 0 Å². The number of aromatic nitrogens is 3. The van der Waals surface area contributed by atoms with Crippen molar-refractivity contribution in [2.75, 3.05) is 13.7 Å². The fourth-order valence-corrected chi connectivity index (χ4v) is 2.46. The summed E-state index contributed by atoms with van der Waals surface area (Å²) in [5.74, 6) is 0.576. The maximum atomic E-state index is 5.61. The second-order valence-corrected chi connectivity index (χ2v) is 4.51. The minimum absolute atomic E-state index is 0.342. The number of aryl methyl sites for hydroxylation is 1. The smallest absolute Gasteiger partial charge is 0.0842 e. The summed E-state index contributed by atoms with van der Waals surface area (Å²) in [4.78, 5) is 0. The summed E-state index contributed by atoms with van der Waals surface area (Å²) in [6.45, 7) is 3.03. The highest BCUT2D eigenvalue weighted by Crippen LogP contribution is 2.25. The largest absolute Gasteiger partial charge is 0.378 e. The van der Waals surface area contributed by atoms with Crippen molar-refractivity contribution in [3.63, 3.8) is 0 Å². The first-order valence-electron chi connectivity index (χ1n) is 5.84. The molecule has 1 aliphatic heterocycles. The molecule has 2 rings (SSSR count). The van der Waals surface area contributed by atoms with E-state index in [0.717, 1.165) is 25.1 Å². The van der Waals surface area contributed by atoms with Crippen LogP contribution in [0.15, 0.2) is 6.20 Å². The van der Waals surface area contributed by atoms with Crippen LogP contribution in [-0.4, -0.2) is 40.8 Å². The standard InChI is InChI=1S/C11H20N4O/c1-8-10(4-5-16-8)11(12-2)6-9-7-15(3)14-13-9/h7-8,10-12H,4-6H2,1-3H3. The minimum Gasteiger partial charge on any atom is -0.378 e. The molecule has 1 aromatic heterocycles. The quantitative estimate of drug-likeness (QED) is 0.803. The van der Waals surface area contributed by atoms with Crippen molar-refractivity contribution < 1.29 is 4.74 Å². The average Bonchev–Trinajstić information content (AvgIpc) is 2.84. The summed E-state index contributed by atoms with van der Waals surface area (Å²) in [7, 11) is 3.90. The van der Waals surface area contributed by atoms with Crippen LogP contribution in [0.5, 0.6) is 0 Å². The van der Waals surface area contributed by atoms with Gasteiger partial charge in [-0.05, 0) is 20.4 Å². The summed E-state index contributed by atoms with van der Waals surface area (Å²) in [6, 6.07) is 0.425. The third-order valence-corrected chi connectivity index (χ3v) is 3.40. The molecule has 3 atom stereocenters. The number of nitrogens with one attached hydrogen (secondary N) is 1. The van der Waals surface area contributed by atoms with E-state index in [1.54, 1.807) is 4.68 Å². The summed E-state index contributed by atoms with van der Waals surface area (Å²) in [5, 5.41) is 11.5. The summed E-state index contributed by atoms with van der Waals surface area (Å²) in [5.41, 5.74) is 1.04. The maximum Gasteiger partial charge on any atom is 0.0842 e. The lowest BCUT2D eigenvalue weighted by molar-refractivity contribution is 0.0962. The Balaban J connectivity index is 2.00. The van der Waals surface area contributed by atoms with Crippen LogP contribution in [0.1, 0.15) is 19.0 Å². The normalized spacial score (nSPS) is 27.2. The Morgan fingerprint density at radius 3 is 3.00 bits per heavy atom. The molecule has 1 saturated heterocycles. The minimum atomic E-state index is 0.342. The monoisotopic (exact) mass is 224 g/mol. The highest BCUT2D eigenvalue weighted by Gasteiger charge is 2.31. The molecule has 1 aromatic rings. The second-order valence-electron chi connectivity index (χ2n) is 4.51. The fraction of sp³-hybridized carbons (Fsp3) is 0.818. The van der Waals surface area contributed by atoms with Crippen LogP contribution >= 0.6 is 0 Å². The van der Waals surface area contributed by atoms with Crippen molar-refractivity contribution in [2.24, 2.45) is 13.0 Å². The van der Waals surface area contributed by atoms with Gasteiger partial charge >= 0.3 is 0 Å². The van der Waals surface area contributed by atoms with Gasteiger partial charge in [-0.15, -0.1) is 5.10 Å². The predicted octanol–water partition coefficient (Wildman–Crippen LogP) is 0.371. The molecule has 3 unspecified atom stereocenters. The third-order valence-electron chi connectivity index (χ3n) is 3.40. The number of hydrogen-bond acceptors (Lipinski definition) is 4. The van der Waals surface area contributed by atoms with Crippen LogP contribution in [0.4, 0.5) is 0 Å². The van der Waals surface area contributed by atoms with Gasteiger partial charge in [0.25, 0.3) is 0 Å². The predicted molar refractivity (Wildman–Crippen MR) is 61.1 cm³/mol. The van der Waals surface area contributed by atoms with Gasteiger partial charge in [0.1, 0.15) is 0 Å². The molecule has 1 N–H and O–H groups in total. The van der Waals surface area contributed by atoms with E-state index in [9.17, 15) is 0 Å². The Morgan fingerprint density at radius 1 is 1.69 bits per heavy atom. The highest BCUT2D eigenvalue weighted by molar-refractivity contribution is 4.98. The highest BCUT2D eigenvalue weighted by atomic mass is 16.5. The van der Waals surface area contributed by atoms with Gasteiger partial charge in [-0.1, -0.05) is 5.21 Å². The van der Waals surface area contributed by atoms with E-state index in [1.807, 2.05) is 20.3 Å². The molecule has 16 heavy (non-hydrogen) atoms. The molecule has 1 aliphatic rings. The molecule has 2 heterocycles. The van der Waals surface area contributed by atoms with Gasteiger partial charge in [0.2, 0.25) is 0 Å². The van der Waals surface area contributed by atoms with E-state index >= 15 is 0 Å². The van der Waals surface area contributed by atoms with E-state index in [-0.39, 0.29) is 0 Å². The molecule has 0 radical (unpaired) electrons. The number of hydrogen-bond donors (Lipinski definition) is 1. The molecule has 0 aliphatic carbocycles. The van der Waals surface area contributed by atoms with E-state index in [1.165, 1.54) is 0 Å². The van der Waals surface area contributed by atoms with Gasteiger partial charge in [0.05, 0.1) is 11.8 Å². The fourth-order valence-electron chi connectivity index (χ4n) is 2.46. The Hall–Kier alpha value is -0.940. The van der Waals surface area contributed by atoms with Gasteiger partial charge in [-0.25, -0.2) is 0 Å². The summed E-state index contributed by atoms with van der Waals surface area (Å²) < 4.78 is 7.36. The van der Waals surface area contributed by atoms with Gasteiger partial charge in [0, 0.05) is 38.2 Å². The van der Waals surface area contributed by atoms with Crippen LogP contribution < -0.4 is 5.32 Å². The first-order chi connectivity index (χ1) is 7.70. The van der Waals surface area contributed by atoms with E-state index in [0.29, 0.717) is 18.1 Å². The Morgan fingerprint density at radius 2 is 2.50 bits per heavy atom. The molecular formula is C11H20N4O. The number of ether oxygens (including phenoxy) is 1. The topological polar surface area (TPSA) is 52.0 Å². The molecule has 0 aromatic carbocycles. The third kappa shape index (κ3) is 2.41. The van der Waals surface area contributed by atoms with Crippen LogP contribution in [0.25, 0.3) is 0 Å². The lowest BCUT2D eigenvalue weighted by Crippen LogP contribution is -2.38. The SMILES string of the molecule is CNC(Cc1cn(C)nn1)C1CCOC1C. The molecule has 1 fully saturated rings. The number of likely N-dealkylation sites (N-methyl/N-ethyl adjacent to an activating group) is 1. The van der Waals surface area contributed by atoms with Crippen molar-refractivity contribution in [3.8, 4) is 0 Å². The number of nitrogens with zero attached hydrogens (tertiary/aromatic N) is 3. The van der Waals surface area contributed by atoms with Crippen molar-refractivity contribution in [3.05, 3.63) is 11.9 Å². The van der Waals surface area contributed by atoms with E-state index in [4.69, 9.17) is 4.74 Å². The second kappa shape index (κ2) is 4.93.